The van der Waals surface area contributed by atoms with Crippen LogP contribution in [0.25, 0.3) is 0 Å². The Morgan fingerprint density at radius 2 is 2.33 bits per heavy atom. The van der Waals surface area contributed by atoms with E-state index in [4.69, 9.17) is 16.9 Å². The highest BCUT2D eigenvalue weighted by atomic mass is 35.5. The average Bonchev–Trinajstić information content (AvgIpc) is 2.27. The van der Waals surface area contributed by atoms with E-state index >= 15 is 0 Å². The number of benzene rings is 1. The van der Waals surface area contributed by atoms with Gasteiger partial charge in [0.1, 0.15) is 0 Å². The molecule has 1 aromatic rings. The Morgan fingerprint density at radius 1 is 1.67 bits per heavy atom. The summed E-state index contributed by atoms with van der Waals surface area (Å²) in [5.74, 6) is -0.358. The van der Waals surface area contributed by atoms with Crippen LogP contribution in [0, 0.1) is 11.3 Å². The van der Waals surface area contributed by atoms with Gasteiger partial charge in [0.25, 0.3) is 0 Å². The third-order valence-corrected chi connectivity index (χ3v) is 2.72. The van der Waals surface area contributed by atoms with Crippen molar-refractivity contribution < 1.29 is 9.53 Å². The van der Waals surface area contributed by atoms with E-state index in [0.717, 1.165) is 0 Å². The number of thiol groups is 1. The Labute approximate surface area is 98.0 Å². The van der Waals surface area contributed by atoms with E-state index in [9.17, 15) is 4.79 Å². The van der Waals surface area contributed by atoms with Crippen LogP contribution in [0.3, 0.4) is 0 Å². The molecule has 0 unspecified atom stereocenters. The van der Waals surface area contributed by atoms with Crippen molar-refractivity contribution in [3.05, 3.63) is 28.8 Å². The maximum absolute atomic E-state index is 11.3. The van der Waals surface area contributed by atoms with Crippen LogP contribution in [-0.2, 0) is 10.6 Å². The maximum Gasteiger partial charge on any atom is 0.338 e. The van der Waals surface area contributed by atoms with Crippen molar-refractivity contribution in [2.45, 2.75) is 10.8 Å². The first-order valence-electron chi connectivity index (χ1n) is 4.05. The fourth-order valence-corrected chi connectivity index (χ4v) is 1.89. The van der Waals surface area contributed by atoms with Crippen molar-refractivity contribution in [1.29, 1.82) is 5.26 Å². The van der Waals surface area contributed by atoms with Crippen molar-refractivity contribution in [3.8, 4) is 6.07 Å². The number of carbonyl (C=O) groups excluding carboxylic acids is 1. The van der Waals surface area contributed by atoms with Gasteiger partial charge in [-0.2, -0.15) is 5.26 Å². The van der Waals surface area contributed by atoms with Crippen molar-refractivity contribution in [1.82, 2.24) is 0 Å². The lowest BCUT2D eigenvalue weighted by atomic mass is 10.1. The highest BCUT2D eigenvalue weighted by Crippen LogP contribution is 2.25. The van der Waals surface area contributed by atoms with Crippen LogP contribution >= 0.6 is 24.2 Å². The third-order valence-electron chi connectivity index (χ3n) is 1.94. The number of alkyl halides is 1. The summed E-state index contributed by atoms with van der Waals surface area (Å²) >= 11 is 9.86. The standard InChI is InChI=1S/C10H8ClNO2S/c1-14-10(13)7-3-2-6(5-12)8(4-11)9(7)15/h2-3,15H,4H2,1H3. The molecule has 0 radical (unpaired) electrons. The number of halogens is 1. The third kappa shape index (κ3) is 2.25. The molecule has 0 fully saturated rings. The molecular weight excluding hydrogens is 234 g/mol. The predicted molar refractivity (Wildman–Crippen MR) is 59.3 cm³/mol. The molecule has 0 spiro atoms. The lowest BCUT2D eigenvalue weighted by Crippen LogP contribution is -2.05. The molecule has 3 nitrogen and oxygen atoms in total. The zero-order valence-corrected chi connectivity index (χ0v) is 9.60. The molecule has 0 heterocycles. The highest BCUT2D eigenvalue weighted by molar-refractivity contribution is 7.80. The summed E-state index contributed by atoms with van der Waals surface area (Å²) in [7, 11) is 1.29. The topological polar surface area (TPSA) is 50.1 Å². The summed E-state index contributed by atoms with van der Waals surface area (Å²) in [6.07, 6.45) is 0. The Morgan fingerprint density at radius 3 is 2.80 bits per heavy atom. The van der Waals surface area contributed by atoms with Crippen molar-refractivity contribution >= 4 is 30.2 Å². The monoisotopic (exact) mass is 241 g/mol. The molecule has 1 aromatic carbocycles. The molecule has 78 valence electrons. The van der Waals surface area contributed by atoms with Crippen LogP contribution in [0.1, 0.15) is 21.5 Å². The molecule has 0 bridgehead atoms. The molecule has 0 amide bonds. The normalized spacial score (nSPS) is 9.47. The minimum atomic E-state index is -0.490. The second-order valence-corrected chi connectivity index (χ2v) is 3.44. The summed E-state index contributed by atoms with van der Waals surface area (Å²) in [6.45, 7) is 0. The number of carbonyl (C=O) groups is 1. The Balaban J connectivity index is 3.37. The van der Waals surface area contributed by atoms with Crippen molar-refractivity contribution in [2.75, 3.05) is 7.11 Å². The van der Waals surface area contributed by atoms with Gasteiger partial charge in [-0.05, 0) is 17.7 Å². The number of rotatable bonds is 2. The fraction of sp³-hybridized carbons (Fsp3) is 0.200. The first-order valence-corrected chi connectivity index (χ1v) is 5.03. The van der Waals surface area contributed by atoms with Gasteiger partial charge >= 0.3 is 5.97 Å². The molecule has 1 rings (SSSR count). The number of hydrogen-bond donors (Lipinski definition) is 1. The summed E-state index contributed by atoms with van der Waals surface area (Å²) < 4.78 is 4.58. The molecular formula is C10H8ClNO2S. The van der Waals surface area contributed by atoms with Gasteiger partial charge in [0.15, 0.2) is 0 Å². The van der Waals surface area contributed by atoms with Crippen molar-refractivity contribution in [2.24, 2.45) is 0 Å². The van der Waals surface area contributed by atoms with Crippen LogP contribution < -0.4 is 0 Å². The van der Waals surface area contributed by atoms with E-state index in [-0.39, 0.29) is 5.88 Å². The highest BCUT2D eigenvalue weighted by Gasteiger charge is 2.15. The van der Waals surface area contributed by atoms with Gasteiger partial charge in [-0.3, -0.25) is 0 Å². The van der Waals surface area contributed by atoms with Crippen LogP contribution in [0.5, 0.6) is 0 Å². The zero-order chi connectivity index (χ0) is 11.4. The molecule has 0 aliphatic rings. The fourth-order valence-electron chi connectivity index (χ4n) is 1.15. The molecule has 0 saturated carbocycles. The van der Waals surface area contributed by atoms with Gasteiger partial charge in [0.2, 0.25) is 0 Å². The molecule has 0 aliphatic heterocycles. The molecule has 0 saturated heterocycles. The number of methoxy groups -OCH3 is 1. The SMILES string of the molecule is COC(=O)c1ccc(C#N)c(CCl)c1S. The van der Waals surface area contributed by atoms with Gasteiger partial charge in [-0.1, -0.05) is 0 Å². The Kier molecular flexibility index (Phi) is 4.01. The Hall–Kier alpha value is -1.18. The summed E-state index contributed by atoms with van der Waals surface area (Å²) in [5, 5.41) is 8.80. The molecule has 15 heavy (non-hydrogen) atoms. The lowest BCUT2D eigenvalue weighted by Gasteiger charge is -2.08. The van der Waals surface area contributed by atoms with Gasteiger partial charge in [-0.25, -0.2) is 4.79 Å². The number of ether oxygens (including phenoxy) is 1. The lowest BCUT2D eigenvalue weighted by molar-refractivity contribution is 0.0596. The van der Waals surface area contributed by atoms with E-state index in [1.54, 1.807) is 0 Å². The average molecular weight is 242 g/mol. The van der Waals surface area contributed by atoms with Gasteiger partial charge in [0.05, 0.1) is 24.3 Å². The number of esters is 1. The van der Waals surface area contributed by atoms with Crippen LogP contribution in [0.4, 0.5) is 0 Å². The quantitative estimate of drug-likeness (QED) is 0.491. The van der Waals surface area contributed by atoms with Crippen LogP contribution in [0.15, 0.2) is 17.0 Å². The number of nitrogens with zero attached hydrogens (tertiary/aromatic N) is 1. The smallest absolute Gasteiger partial charge is 0.338 e. The Bertz CT molecular complexity index is 440. The number of nitriles is 1. The maximum atomic E-state index is 11.3. The van der Waals surface area contributed by atoms with E-state index in [1.807, 2.05) is 6.07 Å². The van der Waals surface area contributed by atoms with E-state index in [2.05, 4.69) is 17.4 Å². The van der Waals surface area contributed by atoms with E-state index < -0.39 is 5.97 Å². The molecule has 0 aromatic heterocycles. The predicted octanol–water partition coefficient (Wildman–Crippen LogP) is 2.37. The van der Waals surface area contributed by atoms with Gasteiger partial charge < -0.3 is 4.74 Å². The summed E-state index contributed by atoms with van der Waals surface area (Å²) in [6, 6.07) is 5.02. The number of hydrogen-bond acceptors (Lipinski definition) is 4. The first-order chi connectivity index (χ1) is 7.15. The minimum Gasteiger partial charge on any atom is -0.465 e. The summed E-state index contributed by atoms with van der Waals surface area (Å²) in [4.78, 5) is 11.7. The zero-order valence-electron chi connectivity index (χ0n) is 7.95. The van der Waals surface area contributed by atoms with Crippen molar-refractivity contribution in [3.63, 3.8) is 0 Å². The van der Waals surface area contributed by atoms with E-state index in [1.165, 1.54) is 19.2 Å². The summed E-state index contributed by atoms with van der Waals surface area (Å²) in [5.41, 5.74) is 1.28. The van der Waals surface area contributed by atoms with Gasteiger partial charge in [0, 0.05) is 10.8 Å². The van der Waals surface area contributed by atoms with Crippen LogP contribution in [-0.4, -0.2) is 13.1 Å². The molecule has 0 N–H and O–H groups in total. The van der Waals surface area contributed by atoms with Gasteiger partial charge in [-0.15, -0.1) is 24.2 Å². The molecule has 0 atom stereocenters. The first kappa shape index (κ1) is 11.9. The van der Waals surface area contributed by atoms with Crippen LogP contribution in [0.2, 0.25) is 0 Å². The second-order valence-electron chi connectivity index (χ2n) is 2.72. The molecule has 5 heteroatoms. The minimum absolute atomic E-state index is 0.132. The van der Waals surface area contributed by atoms with E-state index in [0.29, 0.717) is 21.6 Å². The second kappa shape index (κ2) is 5.06. The largest absolute Gasteiger partial charge is 0.465 e. The molecule has 0 aliphatic carbocycles.